The molecule has 11 heteroatoms. The van der Waals surface area contributed by atoms with E-state index in [-0.39, 0.29) is 0 Å². The molecule has 1 unspecified atom stereocenters. The minimum absolute atomic E-state index is 0.863. The van der Waals surface area contributed by atoms with Crippen molar-refractivity contribution >= 4 is 11.9 Å². The van der Waals surface area contributed by atoms with Gasteiger partial charge in [0.15, 0.2) is 0 Å². The highest BCUT2D eigenvalue weighted by Crippen LogP contribution is 2.46. The van der Waals surface area contributed by atoms with Crippen LogP contribution in [0.2, 0.25) is 0 Å². The summed E-state index contributed by atoms with van der Waals surface area (Å²) in [5.74, 6) is -3.67. The van der Waals surface area contributed by atoms with Crippen molar-refractivity contribution in [2.45, 2.75) is 30.5 Å². The average Bonchev–Trinajstić information content (AvgIpc) is 2.41. The predicted molar refractivity (Wildman–Crippen MR) is 40.1 cm³/mol. The van der Waals surface area contributed by atoms with Crippen molar-refractivity contribution in [3.63, 3.8) is 0 Å². The summed E-state index contributed by atoms with van der Waals surface area (Å²) < 4.78 is 77.7. The first-order valence-corrected chi connectivity index (χ1v) is 4.26. The largest absolute Gasteiger partial charge is 0.481 e. The van der Waals surface area contributed by atoms with E-state index in [9.17, 15) is 35.9 Å². The molecule has 1 heterocycles. The maximum atomic E-state index is 12.4. The van der Waals surface area contributed by atoms with E-state index in [1.165, 1.54) is 0 Å². The van der Waals surface area contributed by atoms with Gasteiger partial charge >= 0.3 is 30.0 Å². The lowest BCUT2D eigenvalue weighted by atomic mass is 10.1. The number of nitrogens with one attached hydrogen (secondary N) is 1. The van der Waals surface area contributed by atoms with Gasteiger partial charge in [0.25, 0.3) is 0 Å². The molecule has 1 rings (SSSR count). The standard InChI is InChI=1S/C7H5F6NO4/c8-6(9,10)5(7(11,12)13)14-2(1-3(15)16)4(17)18-5/h2,14H,1H2,(H,15,16). The fourth-order valence-corrected chi connectivity index (χ4v) is 1.30. The van der Waals surface area contributed by atoms with Crippen LogP contribution in [0.4, 0.5) is 26.3 Å². The molecule has 0 aromatic carbocycles. The summed E-state index contributed by atoms with van der Waals surface area (Å²) in [6.07, 6.45) is -13.2. The molecular formula is C7H5F6NO4. The van der Waals surface area contributed by atoms with Crippen molar-refractivity contribution < 1.29 is 45.8 Å². The highest BCUT2D eigenvalue weighted by Gasteiger charge is 2.78. The number of carboxylic acid groups (broad SMARTS) is 1. The fraction of sp³-hybridized carbons (Fsp3) is 0.714. The molecule has 0 aromatic heterocycles. The van der Waals surface area contributed by atoms with E-state index in [4.69, 9.17) is 5.11 Å². The Bertz CT molecular complexity index is 361. The van der Waals surface area contributed by atoms with Crippen molar-refractivity contribution in [2.75, 3.05) is 0 Å². The van der Waals surface area contributed by atoms with Crippen LogP contribution in [-0.2, 0) is 14.3 Å². The first kappa shape index (κ1) is 14.5. The molecule has 0 aromatic rings. The van der Waals surface area contributed by atoms with Gasteiger partial charge in [-0.2, -0.15) is 26.3 Å². The number of carbonyl (C=O) groups excluding carboxylic acids is 1. The molecule has 0 saturated carbocycles. The zero-order chi connectivity index (χ0) is 14.4. The van der Waals surface area contributed by atoms with E-state index in [2.05, 4.69) is 4.74 Å². The molecule has 18 heavy (non-hydrogen) atoms. The number of carbonyl (C=O) groups is 2. The van der Waals surface area contributed by atoms with Gasteiger partial charge in [0.2, 0.25) is 0 Å². The number of ether oxygens (including phenoxy) is 1. The summed E-state index contributed by atoms with van der Waals surface area (Å²) in [5.41, 5.74) is -4.86. The van der Waals surface area contributed by atoms with Crippen LogP contribution in [0.15, 0.2) is 0 Å². The molecule has 1 saturated heterocycles. The zero-order valence-corrected chi connectivity index (χ0v) is 8.22. The van der Waals surface area contributed by atoms with Crippen LogP contribution in [0.1, 0.15) is 6.42 Å². The lowest BCUT2D eigenvalue weighted by molar-refractivity contribution is -0.369. The fourth-order valence-electron chi connectivity index (χ4n) is 1.30. The molecule has 0 radical (unpaired) electrons. The first-order valence-electron chi connectivity index (χ1n) is 4.26. The van der Waals surface area contributed by atoms with Crippen molar-refractivity contribution in [2.24, 2.45) is 0 Å². The summed E-state index contributed by atoms with van der Waals surface area (Å²) in [5, 5.41) is 9.12. The minimum atomic E-state index is -5.96. The lowest BCUT2D eigenvalue weighted by Crippen LogP contribution is -2.65. The second-order valence-corrected chi connectivity index (χ2v) is 3.39. The third kappa shape index (κ3) is 2.21. The number of hydrogen-bond donors (Lipinski definition) is 2. The van der Waals surface area contributed by atoms with E-state index in [1.54, 1.807) is 0 Å². The summed E-state index contributed by atoms with van der Waals surface area (Å²) in [6, 6.07) is -2.22. The predicted octanol–water partition coefficient (Wildman–Crippen LogP) is 0.797. The van der Waals surface area contributed by atoms with Crippen molar-refractivity contribution in [3.05, 3.63) is 0 Å². The number of aliphatic carboxylic acids is 1. The van der Waals surface area contributed by atoms with Crippen LogP contribution < -0.4 is 5.32 Å². The van der Waals surface area contributed by atoms with E-state index >= 15 is 0 Å². The Labute approximate surface area is 94.7 Å². The minimum Gasteiger partial charge on any atom is -0.481 e. The maximum Gasteiger partial charge on any atom is 0.452 e. The van der Waals surface area contributed by atoms with Gasteiger partial charge in [-0.05, 0) is 0 Å². The van der Waals surface area contributed by atoms with E-state index in [0.29, 0.717) is 0 Å². The van der Waals surface area contributed by atoms with Crippen LogP contribution >= 0.6 is 0 Å². The van der Waals surface area contributed by atoms with Gasteiger partial charge in [-0.25, -0.2) is 0 Å². The number of hydrogen-bond acceptors (Lipinski definition) is 4. The number of rotatable bonds is 2. The third-order valence-corrected chi connectivity index (χ3v) is 2.09. The molecule has 1 aliphatic rings. The molecule has 1 atom stereocenters. The molecule has 2 N–H and O–H groups in total. The Morgan fingerprint density at radius 1 is 1.28 bits per heavy atom. The summed E-state index contributed by atoms with van der Waals surface area (Å²) in [7, 11) is 0. The summed E-state index contributed by atoms with van der Waals surface area (Å²) in [6.45, 7) is 0. The Morgan fingerprint density at radius 3 is 2.00 bits per heavy atom. The van der Waals surface area contributed by atoms with Crippen molar-refractivity contribution in [3.8, 4) is 0 Å². The number of halogens is 6. The van der Waals surface area contributed by atoms with Gasteiger partial charge in [0.05, 0.1) is 6.42 Å². The SMILES string of the molecule is O=C(O)CC1NC(C(F)(F)F)(C(F)(F)F)OC1=O. The van der Waals surface area contributed by atoms with Crippen LogP contribution in [0, 0.1) is 0 Å². The van der Waals surface area contributed by atoms with E-state index in [1.807, 2.05) is 0 Å². The van der Waals surface area contributed by atoms with Gasteiger partial charge in [0.1, 0.15) is 6.04 Å². The summed E-state index contributed by atoms with van der Waals surface area (Å²) >= 11 is 0. The van der Waals surface area contributed by atoms with Crippen LogP contribution in [0.3, 0.4) is 0 Å². The molecule has 1 fully saturated rings. The topological polar surface area (TPSA) is 75.6 Å². The molecule has 5 nitrogen and oxygen atoms in total. The van der Waals surface area contributed by atoms with Gasteiger partial charge in [-0.3, -0.25) is 14.9 Å². The van der Waals surface area contributed by atoms with E-state index in [0.717, 1.165) is 5.32 Å². The third-order valence-electron chi connectivity index (χ3n) is 2.09. The summed E-state index contributed by atoms with van der Waals surface area (Å²) in [4.78, 5) is 21.1. The molecule has 0 amide bonds. The Hall–Kier alpha value is -1.52. The quantitative estimate of drug-likeness (QED) is 0.578. The van der Waals surface area contributed by atoms with Crippen LogP contribution in [-0.4, -0.2) is 41.2 Å². The normalized spacial score (nSPS) is 23.9. The van der Waals surface area contributed by atoms with Gasteiger partial charge in [-0.15, -0.1) is 0 Å². The Kier molecular flexibility index (Phi) is 3.23. The van der Waals surface area contributed by atoms with Gasteiger partial charge in [-0.1, -0.05) is 0 Å². The molecule has 0 spiro atoms. The van der Waals surface area contributed by atoms with Crippen molar-refractivity contribution in [1.29, 1.82) is 0 Å². The number of esters is 1. The average molecular weight is 281 g/mol. The molecule has 1 aliphatic heterocycles. The zero-order valence-electron chi connectivity index (χ0n) is 8.22. The van der Waals surface area contributed by atoms with Crippen LogP contribution in [0.5, 0.6) is 0 Å². The number of cyclic esters (lactones) is 1. The second kappa shape index (κ2) is 4.00. The molecule has 104 valence electrons. The van der Waals surface area contributed by atoms with Crippen LogP contribution in [0.25, 0.3) is 0 Å². The second-order valence-electron chi connectivity index (χ2n) is 3.39. The molecule has 0 bridgehead atoms. The molecule has 0 aliphatic carbocycles. The van der Waals surface area contributed by atoms with Gasteiger partial charge < -0.3 is 9.84 Å². The lowest BCUT2D eigenvalue weighted by Gasteiger charge is -2.31. The number of alkyl halides is 6. The van der Waals surface area contributed by atoms with Crippen molar-refractivity contribution in [1.82, 2.24) is 5.32 Å². The Morgan fingerprint density at radius 2 is 1.72 bits per heavy atom. The first-order chi connectivity index (χ1) is 7.91. The maximum absolute atomic E-state index is 12.4. The Balaban J connectivity index is 3.12. The van der Waals surface area contributed by atoms with Gasteiger partial charge in [0, 0.05) is 0 Å². The molecular weight excluding hydrogens is 276 g/mol. The van der Waals surface area contributed by atoms with E-state index < -0.39 is 42.5 Å². The highest BCUT2D eigenvalue weighted by atomic mass is 19.4. The number of carboxylic acids is 1. The monoisotopic (exact) mass is 281 g/mol. The highest BCUT2D eigenvalue weighted by molar-refractivity contribution is 5.84. The smallest absolute Gasteiger partial charge is 0.452 e.